The Bertz CT molecular complexity index is 340. The average molecular weight is 304 g/mol. The number of thiophene rings is 1. The lowest BCUT2D eigenvalue weighted by atomic mass is 10.1. The van der Waals surface area contributed by atoms with Crippen molar-refractivity contribution >= 4 is 33.2 Å². The van der Waals surface area contributed by atoms with Crippen LogP contribution in [-0.4, -0.2) is 21.2 Å². The van der Waals surface area contributed by atoms with E-state index in [0.717, 1.165) is 0 Å². The van der Waals surface area contributed by atoms with Gasteiger partial charge in [0.15, 0.2) is 0 Å². The molecule has 0 bridgehead atoms. The zero-order chi connectivity index (χ0) is 12.3. The van der Waals surface area contributed by atoms with E-state index in [0.29, 0.717) is 6.54 Å². The Kier molecular flexibility index (Phi) is 4.56. The minimum atomic E-state index is -0.492. The maximum atomic E-state index is 12.2. The van der Waals surface area contributed by atoms with Crippen LogP contribution in [0.5, 0.6) is 0 Å². The zero-order valence-corrected chi connectivity index (χ0v) is 12.6. The fourth-order valence-electron chi connectivity index (χ4n) is 1.40. The van der Waals surface area contributed by atoms with Crippen LogP contribution in [0.25, 0.3) is 0 Å². The van der Waals surface area contributed by atoms with Crippen LogP contribution in [0.15, 0.2) is 17.5 Å². The van der Waals surface area contributed by atoms with Crippen molar-refractivity contribution in [1.29, 1.82) is 0 Å². The van der Waals surface area contributed by atoms with Crippen molar-refractivity contribution in [3.8, 4) is 0 Å². The molecule has 90 valence electrons. The van der Waals surface area contributed by atoms with E-state index in [9.17, 15) is 4.79 Å². The molecule has 0 aliphatic carbocycles. The highest BCUT2D eigenvalue weighted by molar-refractivity contribution is 9.10. The minimum absolute atomic E-state index is 0.135. The van der Waals surface area contributed by atoms with E-state index in [2.05, 4.69) is 22.0 Å². The standard InChI is InChI=1S/C12H18BrNOS/c1-9(2)14(11(15)12(3,4)13)8-10-6-5-7-16-10/h5-7,9H,8H2,1-4H3. The van der Waals surface area contributed by atoms with E-state index in [1.807, 2.05) is 44.0 Å². The predicted molar refractivity (Wildman–Crippen MR) is 73.0 cm³/mol. The summed E-state index contributed by atoms with van der Waals surface area (Å²) in [5, 5.41) is 2.04. The molecule has 0 fully saturated rings. The van der Waals surface area contributed by atoms with Crippen molar-refractivity contribution in [2.24, 2.45) is 0 Å². The summed E-state index contributed by atoms with van der Waals surface area (Å²) in [6, 6.07) is 4.29. The van der Waals surface area contributed by atoms with Crippen LogP contribution in [-0.2, 0) is 11.3 Å². The highest BCUT2D eigenvalue weighted by atomic mass is 79.9. The summed E-state index contributed by atoms with van der Waals surface area (Å²) >= 11 is 5.12. The van der Waals surface area contributed by atoms with Gasteiger partial charge in [-0.05, 0) is 39.1 Å². The lowest BCUT2D eigenvalue weighted by molar-refractivity contribution is -0.135. The number of hydrogen-bond acceptors (Lipinski definition) is 2. The molecule has 4 heteroatoms. The molecule has 1 heterocycles. The average Bonchev–Trinajstić information content (AvgIpc) is 2.63. The number of rotatable bonds is 4. The molecule has 0 radical (unpaired) electrons. The number of amides is 1. The molecule has 0 aliphatic heterocycles. The summed E-state index contributed by atoms with van der Waals surface area (Å²) in [7, 11) is 0. The van der Waals surface area contributed by atoms with Crippen LogP contribution < -0.4 is 0 Å². The minimum Gasteiger partial charge on any atom is -0.334 e. The molecule has 1 aromatic heterocycles. The SMILES string of the molecule is CC(C)N(Cc1cccs1)C(=O)C(C)(C)Br. The van der Waals surface area contributed by atoms with Crippen molar-refractivity contribution in [1.82, 2.24) is 4.90 Å². The molecule has 0 aromatic carbocycles. The summed E-state index contributed by atoms with van der Waals surface area (Å²) in [5.41, 5.74) is 0. The van der Waals surface area contributed by atoms with Crippen molar-refractivity contribution < 1.29 is 4.79 Å². The first-order chi connectivity index (χ1) is 7.32. The van der Waals surface area contributed by atoms with Crippen LogP contribution in [0.4, 0.5) is 0 Å². The number of nitrogens with zero attached hydrogens (tertiary/aromatic N) is 1. The Morgan fingerprint density at radius 1 is 1.56 bits per heavy atom. The second-order valence-electron chi connectivity index (χ2n) is 4.58. The molecule has 1 rings (SSSR count). The van der Waals surface area contributed by atoms with Gasteiger partial charge in [-0.3, -0.25) is 4.79 Å². The highest BCUT2D eigenvalue weighted by Gasteiger charge is 2.30. The second-order valence-corrected chi connectivity index (χ2v) is 7.59. The molecule has 0 saturated carbocycles. The van der Waals surface area contributed by atoms with Crippen LogP contribution in [0.1, 0.15) is 32.6 Å². The fraction of sp³-hybridized carbons (Fsp3) is 0.583. The Balaban J connectivity index is 2.80. The fourth-order valence-corrected chi connectivity index (χ4v) is 2.33. The molecule has 0 N–H and O–H groups in total. The van der Waals surface area contributed by atoms with E-state index >= 15 is 0 Å². The quantitative estimate of drug-likeness (QED) is 0.777. The van der Waals surface area contributed by atoms with E-state index in [4.69, 9.17) is 0 Å². The molecule has 16 heavy (non-hydrogen) atoms. The van der Waals surface area contributed by atoms with Gasteiger partial charge in [0.2, 0.25) is 5.91 Å². The maximum Gasteiger partial charge on any atom is 0.239 e. The smallest absolute Gasteiger partial charge is 0.239 e. The maximum absolute atomic E-state index is 12.2. The third-order valence-electron chi connectivity index (χ3n) is 2.30. The van der Waals surface area contributed by atoms with Gasteiger partial charge in [0.25, 0.3) is 0 Å². The molecular weight excluding hydrogens is 286 g/mol. The van der Waals surface area contributed by atoms with E-state index in [-0.39, 0.29) is 11.9 Å². The van der Waals surface area contributed by atoms with Gasteiger partial charge < -0.3 is 4.90 Å². The van der Waals surface area contributed by atoms with E-state index in [1.54, 1.807) is 11.3 Å². The molecule has 0 spiro atoms. The van der Waals surface area contributed by atoms with Crippen molar-refractivity contribution in [2.45, 2.75) is 44.6 Å². The molecule has 1 amide bonds. The van der Waals surface area contributed by atoms with Crippen LogP contribution >= 0.6 is 27.3 Å². The molecule has 0 saturated heterocycles. The lowest BCUT2D eigenvalue weighted by Gasteiger charge is -2.31. The Morgan fingerprint density at radius 3 is 2.56 bits per heavy atom. The van der Waals surface area contributed by atoms with Gasteiger partial charge in [0.05, 0.1) is 10.9 Å². The molecule has 1 aromatic rings. The van der Waals surface area contributed by atoms with Crippen molar-refractivity contribution in [3.05, 3.63) is 22.4 Å². The first kappa shape index (κ1) is 13.7. The molecule has 2 nitrogen and oxygen atoms in total. The van der Waals surface area contributed by atoms with E-state index in [1.165, 1.54) is 4.88 Å². The third-order valence-corrected chi connectivity index (χ3v) is 3.50. The topological polar surface area (TPSA) is 20.3 Å². The van der Waals surface area contributed by atoms with Crippen LogP contribution in [0, 0.1) is 0 Å². The van der Waals surface area contributed by atoms with Crippen LogP contribution in [0.3, 0.4) is 0 Å². The normalized spacial score (nSPS) is 11.9. The van der Waals surface area contributed by atoms with Gasteiger partial charge in [0, 0.05) is 10.9 Å². The number of hydrogen-bond donors (Lipinski definition) is 0. The second kappa shape index (κ2) is 5.32. The number of halogens is 1. The Hall–Kier alpha value is -0.350. The van der Waals surface area contributed by atoms with E-state index < -0.39 is 4.32 Å². The largest absolute Gasteiger partial charge is 0.334 e. The van der Waals surface area contributed by atoms with Gasteiger partial charge in [-0.15, -0.1) is 11.3 Å². The monoisotopic (exact) mass is 303 g/mol. The van der Waals surface area contributed by atoms with Gasteiger partial charge >= 0.3 is 0 Å². The summed E-state index contributed by atoms with van der Waals surface area (Å²) in [6.45, 7) is 8.57. The van der Waals surface area contributed by atoms with Crippen molar-refractivity contribution in [2.75, 3.05) is 0 Å². The highest BCUT2D eigenvalue weighted by Crippen LogP contribution is 2.23. The summed E-state index contributed by atoms with van der Waals surface area (Å²) < 4.78 is -0.492. The van der Waals surface area contributed by atoms with Gasteiger partial charge in [0.1, 0.15) is 0 Å². The van der Waals surface area contributed by atoms with Gasteiger partial charge in [-0.25, -0.2) is 0 Å². The number of carbonyl (C=O) groups is 1. The zero-order valence-electron chi connectivity index (χ0n) is 10.2. The molecule has 0 aliphatic rings. The first-order valence-electron chi connectivity index (χ1n) is 5.34. The number of carbonyl (C=O) groups excluding carboxylic acids is 1. The van der Waals surface area contributed by atoms with Gasteiger partial charge in [-0.1, -0.05) is 22.0 Å². The first-order valence-corrected chi connectivity index (χ1v) is 7.02. The number of alkyl halides is 1. The summed E-state index contributed by atoms with van der Waals surface area (Å²) in [5.74, 6) is 0.135. The van der Waals surface area contributed by atoms with Crippen LogP contribution in [0.2, 0.25) is 0 Å². The molecule has 0 atom stereocenters. The summed E-state index contributed by atoms with van der Waals surface area (Å²) in [6.07, 6.45) is 0. The third kappa shape index (κ3) is 3.59. The predicted octanol–water partition coefficient (Wildman–Crippen LogP) is 3.66. The Labute approximate surface area is 110 Å². The lowest BCUT2D eigenvalue weighted by Crippen LogP contribution is -2.44. The Morgan fingerprint density at radius 2 is 2.19 bits per heavy atom. The van der Waals surface area contributed by atoms with Gasteiger partial charge in [-0.2, -0.15) is 0 Å². The summed E-state index contributed by atoms with van der Waals surface area (Å²) in [4.78, 5) is 15.3. The molecular formula is C12H18BrNOS. The molecule has 0 unspecified atom stereocenters. The van der Waals surface area contributed by atoms with Crippen molar-refractivity contribution in [3.63, 3.8) is 0 Å².